The van der Waals surface area contributed by atoms with Crippen LogP contribution in [-0.2, 0) is 109 Å². The molecule has 3 saturated heterocycles. The Hall–Kier alpha value is -11.7. The fourth-order valence-corrected chi connectivity index (χ4v) is 23.2. The van der Waals surface area contributed by atoms with Crippen molar-refractivity contribution in [3.8, 4) is 0 Å². The van der Waals surface area contributed by atoms with E-state index in [0.717, 1.165) is 43.3 Å². The number of hydrogen-bond acceptors (Lipinski definition) is 19. The number of aromatic amines is 3. The Balaban J connectivity index is 0.737. The van der Waals surface area contributed by atoms with Crippen LogP contribution in [0, 0.1) is 17.2 Å². The number of carbonyl (C=O) groups is 10. The van der Waals surface area contributed by atoms with Gasteiger partial charge in [-0.25, -0.2) is 0 Å². The highest BCUT2D eigenvalue weighted by Crippen LogP contribution is 2.47. The van der Waals surface area contributed by atoms with Crippen LogP contribution < -0.4 is 75.3 Å². The summed E-state index contributed by atoms with van der Waals surface area (Å²) in [5.74, 6) is -6.96. The molecule has 21 N–H and O–H groups in total. The van der Waals surface area contributed by atoms with Crippen molar-refractivity contribution in [2.75, 3.05) is 82.9 Å². The van der Waals surface area contributed by atoms with Gasteiger partial charge in [0.2, 0.25) is 47.3 Å². The largest absolute Gasteiger partial charge is 0.616 e. The van der Waals surface area contributed by atoms with Gasteiger partial charge >= 0.3 is 0 Å². The second kappa shape index (κ2) is 49.0. The van der Waals surface area contributed by atoms with Crippen LogP contribution in [0.25, 0.3) is 32.7 Å². The van der Waals surface area contributed by atoms with Gasteiger partial charge in [-0.15, -0.1) is 0 Å². The molecule has 5 aliphatic rings. The van der Waals surface area contributed by atoms with Gasteiger partial charge < -0.3 is 114 Å². The minimum Gasteiger partial charge on any atom is -0.616 e. The molecule has 2 unspecified atom stereocenters. The van der Waals surface area contributed by atoms with Crippen molar-refractivity contribution in [3.05, 3.63) is 209 Å². The van der Waals surface area contributed by atoms with E-state index < -0.39 is 136 Å². The Morgan fingerprint density at radius 3 is 1.60 bits per heavy atom. The molecular weight excluding hydrogens is 1780 g/mol. The molecule has 34 nitrogen and oxygen atoms in total. The van der Waals surface area contributed by atoms with Crippen LogP contribution in [0.15, 0.2) is 164 Å². The van der Waals surface area contributed by atoms with Crippen LogP contribution in [0.1, 0.15) is 147 Å². The molecule has 9 aromatic rings. The van der Waals surface area contributed by atoms with E-state index in [9.17, 15) is 38.2 Å². The Morgan fingerprint density at radius 2 is 1.02 bits per heavy atom. The van der Waals surface area contributed by atoms with E-state index in [-0.39, 0.29) is 162 Å². The number of H-pyrrole nitrogens is 3. The van der Waals surface area contributed by atoms with E-state index >= 15 is 24.0 Å². The molecule has 0 bridgehead atoms. The van der Waals surface area contributed by atoms with E-state index in [0.29, 0.717) is 77.2 Å². The number of piperidine rings is 2. The summed E-state index contributed by atoms with van der Waals surface area (Å²) < 4.78 is 28.5. The van der Waals surface area contributed by atoms with Gasteiger partial charge in [0.25, 0.3) is 11.8 Å². The number of nitrogens with zero attached hydrogens (tertiary/aromatic N) is 3. The number of nitrogens with one attached hydrogen (secondary N) is 16. The van der Waals surface area contributed by atoms with Crippen LogP contribution in [0.5, 0.6) is 0 Å². The Labute approximate surface area is 805 Å². The highest BCUT2D eigenvalue weighted by atomic mass is 32.2. The van der Waals surface area contributed by atoms with Crippen LogP contribution in [0.3, 0.4) is 0 Å². The lowest BCUT2D eigenvalue weighted by Gasteiger charge is -2.45. The molecule has 2 aliphatic carbocycles. The van der Waals surface area contributed by atoms with Gasteiger partial charge in [-0.1, -0.05) is 103 Å². The molecule has 0 radical (unpaired) electrons. The molecule has 14 rings (SSSR count). The number of benzene rings is 5. The zero-order valence-electron chi connectivity index (χ0n) is 78.2. The van der Waals surface area contributed by atoms with Crippen LogP contribution in [0.4, 0.5) is 0 Å². The Kier molecular flexibility index (Phi) is 36.2. The summed E-state index contributed by atoms with van der Waals surface area (Å²) in [5.41, 5.74) is 22.2. The smallest absolute Gasteiger partial charge is 0.270 e. The van der Waals surface area contributed by atoms with Crippen molar-refractivity contribution in [2.24, 2.45) is 23.3 Å². The summed E-state index contributed by atoms with van der Waals surface area (Å²) in [6.07, 6.45) is 12.6. The molecule has 18 atom stereocenters. The quantitative estimate of drug-likeness (QED) is 0.0118. The summed E-state index contributed by atoms with van der Waals surface area (Å²) >= 11 is -3.09. The van der Waals surface area contributed by atoms with Crippen LogP contribution in [-0.4, -0.2) is 264 Å². The van der Waals surface area contributed by atoms with Gasteiger partial charge in [-0.3, -0.25) is 58.3 Å². The number of unbranched alkanes of at least 4 members (excludes halogenated alkanes) is 2. The highest BCUT2D eigenvalue weighted by Gasteiger charge is 2.45. The monoisotopic (exact) mass is 1910 g/mol. The number of likely N-dealkylation sites (N-methyl/N-ethyl adjacent to an activating group) is 2. The number of aromatic nitrogens is 4. The van der Waals surface area contributed by atoms with Crippen molar-refractivity contribution >= 4 is 120 Å². The zero-order valence-corrected chi connectivity index (χ0v) is 79.8. The van der Waals surface area contributed by atoms with Gasteiger partial charge in [-0.05, 0) is 221 Å². The second-order valence-electron chi connectivity index (χ2n) is 37.7. The Morgan fingerprint density at radius 1 is 0.533 bits per heavy atom. The molecule has 732 valence electrons. The fourth-order valence-electron chi connectivity index (χ4n) is 20.6. The van der Waals surface area contributed by atoms with Crippen molar-refractivity contribution < 1.29 is 62.2 Å². The predicted octanol–water partition coefficient (Wildman–Crippen LogP) is 3.81. The Bertz CT molecular complexity index is 5610. The summed E-state index contributed by atoms with van der Waals surface area (Å²) in [6.45, 7) is 3.20. The molecular formula is C101H133N21O13S2. The molecule has 0 saturated carbocycles. The number of aliphatic hydroxyl groups excluding tert-OH is 1. The van der Waals surface area contributed by atoms with Crippen LogP contribution >= 0.6 is 0 Å². The molecule has 3 fully saturated rings. The van der Waals surface area contributed by atoms with Gasteiger partial charge in [0.05, 0.1) is 12.1 Å². The first-order valence-electron chi connectivity index (χ1n) is 48.2. The number of fused-ring (bicyclic) bond motifs is 5. The number of hydrogen-bond donors (Lipinski definition) is 19. The first kappa shape index (κ1) is 101. The van der Waals surface area contributed by atoms with Crippen molar-refractivity contribution in [3.63, 3.8) is 0 Å². The van der Waals surface area contributed by atoms with Gasteiger partial charge in [0, 0.05) is 170 Å². The topological polar surface area (TPSA) is 524 Å². The molecule has 4 aromatic heterocycles. The molecule has 10 amide bonds. The minimum atomic E-state index is -1.70. The third-order valence-electron chi connectivity index (χ3n) is 27.5. The van der Waals surface area contributed by atoms with E-state index in [1.54, 1.807) is 79.0 Å². The van der Waals surface area contributed by atoms with Gasteiger partial charge in [0.15, 0.2) is 17.5 Å². The first-order chi connectivity index (χ1) is 66.3. The van der Waals surface area contributed by atoms with E-state index in [1.807, 2.05) is 24.3 Å². The van der Waals surface area contributed by atoms with Crippen molar-refractivity contribution in [1.82, 2.24) is 93.5 Å². The lowest BCUT2D eigenvalue weighted by atomic mass is 9.73. The third kappa shape index (κ3) is 27.6. The van der Waals surface area contributed by atoms with Crippen molar-refractivity contribution in [1.29, 1.82) is 5.41 Å². The number of guanidine groups is 1. The SMILES string of the molecule is C[C@@H](O)[C@@H]1NC(=O)[C@H](CCCCN)NC(=O)[C@@H](Cc2c[nH]c3ccccc23)NC(=O)[C@H](Cc2ccncc2)NC(=O)[C@H](Cc2ccccc2)NC(=O)[C@H](CCCNC(=N)N)NC(=O)[C@H](NC[C@H](CCCCNC(=O)C[S+]([O-])C[C@@H]2C[C@@H]3c4cccc5[nH]cc(c45)C[C@H]3N(C)C2)NC(=O)C[S+]([O-])C[C@@H]2C[C@@H]3c4cccc5[nH]cc(c45)C[C@H]3N(C)C2)CCCCNC(=O)[C@H](Cc2ccccc2)NC1=O. The summed E-state index contributed by atoms with van der Waals surface area (Å²) in [4.78, 5) is 170. The van der Waals surface area contributed by atoms with Crippen LogP contribution in [0.2, 0.25) is 0 Å². The number of aliphatic hydroxyl groups is 1. The normalized spacial score (nSPS) is 24.6. The maximum atomic E-state index is 15.7. The highest BCUT2D eigenvalue weighted by molar-refractivity contribution is 7.92. The molecule has 36 heteroatoms. The number of amides is 10. The molecule has 7 heterocycles. The summed E-state index contributed by atoms with van der Waals surface area (Å²) in [5, 5.41) is 58.0. The predicted molar refractivity (Wildman–Crippen MR) is 529 cm³/mol. The lowest BCUT2D eigenvalue weighted by molar-refractivity contribution is -0.136. The minimum absolute atomic E-state index is 0.00398. The third-order valence-corrected chi connectivity index (χ3v) is 30.4. The number of rotatable bonds is 34. The summed E-state index contributed by atoms with van der Waals surface area (Å²) in [6, 6.07) is 29.4. The maximum Gasteiger partial charge on any atom is 0.270 e. The number of likely N-dealkylation sites (tertiary alicyclic amines) is 2. The fraction of sp³-hybridized carbons (Fsp3) is 0.485. The molecule has 137 heavy (non-hydrogen) atoms. The average Bonchev–Trinajstić information content (AvgIpc) is 1.59. The van der Waals surface area contributed by atoms with Crippen molar-refractivity contribution in [2.45, 2.75) is 213 Å². The van der Waals surface area contributed by atoms with E-state index in [4.69, 9.17) is 16.9 Å². The maximum absolute atomic E-state index is 15.7. The second-order valence-corrected chi connectivity index (χ2v) is 40.7. The number of para-hydroxylation sites is 1. The molecule has 0 spiro atoms. The number of nitrogens with two attached hydrogens (primary N) is 2. The lowest BCUT2D eigenvalue weighted by Crippen LogP contribution is -2.62. The standard InChI is InChI=1S/C101H133N21O13S2/c1-61(123)92-100(133)119-82(45-62-21-6-4-7-22-62)93(126)107-39-17-14-30-79(112-54-70(113-89(125)60-137(135)58-66-44-75-73-28-19-33-78-91(73)69(53-111-78)50-87(75)122(3)56-66)25-13-16-38-106-88(124)59-136(134)57-65-43-74-72-27-18-32-77-90(72)68(52-110-77)49-86(74)121(2)55-65)94(127)114-81(34-20-40-108-101(103)104)95(128)116-83(46-63-23-8-5-9-24-63)97(130)117-84(47-64-35-41-105-42-36-64)98(131)118-85(48-67-51-109-76-29-11-10-26-71(67)76)99(132)115-80(96(129)120-92)31-12-15-37-102/h4-11,18-19,21-24,26-29,32-33,35-36,41-42,51-53,61,65-66,70,74-75,79-87,92,109-112,123H,12-17,20,25,30-31,34,37-40,43-50,54-60,102H2,1-3H3,(H,106,124)(H,107,126)(H,113,125)(H,114,127)(H,115,132)(H,116,128)(H,117,130)(H,118,131)(H,119,133)(H,120,129)(H4,103,104,108)/t61-,65-,66-,70+,74-,75-,79-,80+,81+,82+,83+,84+,85-,86-,87-,92+,136?,137?/m1/s1. The first-order valence-corrected chi connectivity index (χ1v) is 51.2. The summed E-state index contributed by atoms with van der Waals surface area (Å²) in [7, 11) is 4.24. The van der Waals surface area contributed by atoms with Gasteiger partial charge in [-0.2, -0.15) is 0 Å². The zero-order chi connectivity index (χ0) is 96.6. The van der Waals surface area contributed by atoms with Gasteiger partial charge in [0.1, 0.15) is 53.8 Å². The molecule has 5 aromatic carbocycles. The molecule has 3 aliphatic heterocycles. The van der Waals surface area contributed by atoms with E-state index in [1.165, 1.54) is 52.3 Å². The number of carbonyl (C=O) groups excluding carboxylic acids is 10. The average molecular weight is 1910 g/mol. The number of pyridine rings is 1. The van der Waals surface area contributed by atoms with E-state index in [2.05, 4.69) is 156 Å².